The minimum Gasteiger partial charge on any atom is -0.497 e. The van der Waals surface area contributed by atoms with Crippen LogP contribution in [0.5, 0.6) is 11.5 Å². The van der Waals surface area contributed by atoms with Gasteiger partial charge in [0.15, 0.2) is 0 Å². The molecule has 0 aliphatic carbocycles. The minimum absolute atomic E-state index is 0.142. The van der Waals surface area contributed by atoms with Crippen molar-refractivity contribution in [3.8, 4) is 11.5 Å². The second-order valence-electron chi connectivity index (χ2n) is 8.13. The highest BCUT2D eigenvalue weighted by Gasteiger charge is 2.34. The van der Waals surface area contributed by atoms with Crippen molar-refractivity contribution in [2.75, 3.05) is 14.2 Å². The van der Waals surface area contributed by atoms with Crippen LogP contribution < -0.4 is 9.47 Å². The molecule has 6 heteroatoms. The van der Waals surface area contributed by atoms with Gasteiger partial charge in [-0.3, -0.25) is 0 Å². The van der Waals surface area contributed by atoms with Gasteiger partial charge in [0, 0.05) is 18.1 Å². The number of ketones is 1. The first-order valence-electron chi connectivity index (χ1n) is 11.1. The molecule has 0 bridgehead atoms. The topological polar surface area (TPSA) is 82.1 Å². The maximum Gasteiger partial charge on any atom is 0.342 e. The van der Waals surface area contributed by atoms with E-state index in [-0.39, 0.29) is 24.0 Å². The van der Waals surface area contributed by atoms with E-state index in [0.717, 1.165) is 56.9 Å². The lowest BCUT2D eigenvalue weighted by Gasteiger charge is -2.12. The molecular formula is C24H36O6. The number of benzene rings is 1. The highest BCUT2D eigenvalue weighted by Crippen LogP contribution is 2.41. The Morgan fingerprint density at radius 3 is 2.33 bits per heavy atom. The van der Waals surface area contributed by atoms with Gasteiger partial charge in [-0.25, -0.2) is 4.79 Å². The zero-order valence-electron chi connectivity index (χ0n) is 18.6. The summed E-state index contributed by atoms with van der Waals surface area (Å²) in [6, 6.07) is 3.59. The molecule has 0 saturated carbocycles. The van der Waals surface area contributed by atoms with E-state index in [9.17, 15) is 14.7 Å². The van der Waals surface area contributed by atoms with Gasteiger partial charge >= 0.3 is 5.97 Å². The number of aliphatic hydroxyl groups excluding tert-OH is 1. The third-order valence-electron chi connectivity index (χ3n) is 5.70. The lowest BCUT2D eigenvalue weighted by molar-refractivity contribution is -0.117. The third kappa shape index (κ3) is 7.31. The Kier molecular flexibility index (Phi) is 10.1. The Labute approximate surface area is 179 Å². The smallest absolute Gasteiger partial charge is 0.342 e. The number of Topliss-reactive ketones (excluding diaryl/α,β-unsaturated/α-hetero) is 1. The Balaban J connectivity index is 1.61. The molecule has 0 amide bonds. The fourth-order valence-corrected chi connectivity index (χ4v) is 3.94. The van der Waals surface area contributed by atoms with Crippen molar-refractivity contribution in [3.05, 3.63) is 23.3 Å². The van der Waals surface area contributed by atoms with Crippen molar-refractivity contribution in [2.24, 2.45) is 0 Å². The van der Waals surface area contributed by atoms with Gasteiger partial charge in [-0.05, 0) is 38.7 Å². The van der Waals surface area contributed by atoms with Gasteiger partial charge in [0.25, 0.3) is 0 Å². The predicted molar refractivity (Wildman–Crippen MR) is 115 cm³/mol. The standard InChI is InChI=1S/C24H36O6/c1-17(25)13-14-18(26)11-9-7-5-4-6-8-10-12-21-20-15-19(28-2)16-22(29-3)23(20)24(27)30-21/h15-16,18,21,26H,4-14H2,1-3H3. The summed E-state index contributed by atoms with van der Waals surface area (Å²) in [5, 5.41) is 9.83. The van der Waals surface area contributed by atoms with Crippen LogP contribution in [-0.4, -0.2) is 37.2 Å². The molecule has 168 valence electrons. The van der Waals surface area contributed by atoms with Crippen LogP contribution in [0.2, 0.25) is 0 Å². The summed E-state index contributed by atoms with van der Waals surface area (Å²) in [7, 11) is 3.14. The van der Waals surface area contributed by atoms with Gasteiger partial charge in [0.1, 0.15) is 28.9 Å². The molecule has 30 heavy (non-hydrogen) atoms. The first-order valence-corrected chi connectivity index (χ1v) is 11.1. The predicted octanol–water partition coefficient (Wildman–Crippen LogP) is 5.16. The van der Waals surface area contributed by atoms with Gasteiger partial charge in [0.2, 0.25) is 0 Å². The van der Waals surface area contributed by atoms with E-state index in [0.29, 0.717) is 29.9 Å². The molecule has 0 spiro atoms. The monoisotopic (exact) mass is 420 g/mol. The van der Waals surface area contributed by atoms with Crippen molar-refractivity contribution in [2.45, 2.75) is 89.8 Å². The maximum absolute atomic E-state index is 12.2. The number of unbranched alkanes of at least 4 members (excludes halogenated alkanes) is 6. The number of esters is 1. The van der Waals surface area contributed by atoms with Crippen LogP contribution in [0.4, 0.5) is 0 Å². The highest BCUT2D eigenvalue weighted by atomic mass is 16.6. The average molecular weight is 421 g/mol. The van der Waals surface area contributed by atoms with Crippen molar-refractivity contribution >= 4 is 11.8 Å². The summed E-state index contributed by atoms with van der Waals surface area (Å²) in [4.78, 5) is 23.2. The molecule has 1 aliphatic heterocycles. The number of fused-ring (bicyclic) bond motifs is 1. The van der Waals surface area contributed by atoms with Crippen molar-refractivity contribution < 1.29 is 28.9 Å². The summed E-state index contributed by atoms with van der Waals surface area (Å²) in [6.45, 7) is 1.57. The van der Waals surface area contributed by atoms with Gasteiger partial charge in [-0.2, -0.15) is 0 Å². The Morgan fingerprint density at radius 1 is 1.03 bits per heavy atom. The molecule has 1 heterocycles. The van der Waals surface area contributed by atoms with E-state index >= 15 is 0 Å². The van der Waals surface area contributed by atoms with Crippen LogP contribution in [0.15, 0.2) is 12.1 Å². The Hall–Kier alpha value is -2.08. The van der Waals surface area contributed by atoms with Crippen LogP contribution in [-0.2, 0) is 9.53 Å². The maximum atomic E-state index is 12.2. The number of methoxy groups -OCH3 is 2. The number of hydrogen-bond donors (Lipinski definition) is 1. The average Bonchev–Trinajstić information content (AvgIpc) is 3.05. The molecule has 1 aliphatic rings. The normalized spacial score (nSPS) is 16.1. The zero-order valence-corrected chi connectivity index (χ0v) is 18.6. The molecule has 2 unspecified atom stereocenters. The van der Waals surface area contributed by atoms with Crippen LogP contribution in [0.1, 0.15) is 99.6 Å². The van der Waals surface area contributed by atoms with Gasteiger partial charge in [-0.1, -0.05) is 38.5 Å². The second-order valence-corrected chi connectivity index (χ2v) is 8.13. The lowest BCUT2D eigenvalue weighted by atomic mass is 9.98. The quantitative estimate of drug-likeness (QED) is 0.312. The number of rotatable bonds is 15. The Morgan fingerprint density at radius 2 is 1.70 bits per heavy atom. The van der Waals surface area contributed by atoms with Crippen LogP contribution >= 0.6 is 0 Å². The summed E-state index contributed by atoms with van der Waals surface area (Å²) >= 11 is 0. The lowest BCUT2D eigenvalue weighted by Crippen LogP contribution is -2.08. The van der Waals surface area contributed by atoms with E-state index in [2.05, 4.69) is 0 Å². The number of carbonyl (C=O) groups excluding carboxylic acids is 2. The first-order chi connectivity index (χ1) is 14.5. The molecule has 1 aromatic rings. The van der Waals surface area contributed by atoms with Crippen molar-refractivity contribution in [1.29, 1.82) is 0 Å². The number of aliphatic hydroxyl groups is 1. The Bertz CT molecular complexity index is 699. The molecule has 1 N–H and O–H groups in total. The minimum atomic E-state index is -0.344. The highest BCUT2D eigenvalue weighted by molar-refractivity contribution is 5.97. The van der Waals surface area contributed by atoms with E-state index in [1.54, 1.807) is 27.2 Å². The van der Waals surface area contributed by atoms with Crippen LogP contribution in [0.3, 0.4) is 0 Å². The van der Waals surface area contributed by atoms with E-state index in [1.807, 2.05) is 6.07 Å². The summed E-state index contributed by atoms with van der Waals surface area (Å²) in [5.41, 5.74) is 1.38. The molecule has 0 fully saturated rings. The fraction of sp³-hybridized carbons (Fsp3) is 0.667. The molecule has 0 radical (unpaired) electrons. The largest absolute Gasteiger partial charge is 0.497 e. The van der Waals surface area contributed by atoms with Gasteiger partial charge < -0.3 is 24.1 Å². The second kappa shape index (κ2) is 12.6. The van der Waals surface area contributed by atoms with E-state index < -0.39 is 0 Å². The van der Waals surface area contributed by atoms with Crippen LogP contribution in [0, 0.1) is 0 Å². The third-order valence-corrected chi connectivity index (χ3v) is 5.70. The SMILES string of the molecule is COc1cc(OC)c2c(c1)C(CCCCCCCCCC(O)CCC(C)=O)OC2=O. The van der Waals surface area contributed by atoms with Crippen molar-refractivity contribution in [3.63, 3.8) is 0 Å². The molecule has 6 nitrogen and oxygen atoms in total. The summed E-state index contributed by atoms with van der Waals surface area (Å²) < 4.78 is 16.2. The van der Waals surface area contributed by atoms with Gasteiger partial charge in [0.05, 0.1) is 20.3 Å². The number of cyclic esters (lactones) is 1. The van der Waals surface area contributed by atoms with Crippen molar-refractivity contribution in [1.82, 2.24) is 0 Å². The van der Waals surface area contributed by atoms with E-state index in [4.69, 9.17) is 14.2 Å². The molecule has 2 atom stereocenters. The number of hydrogen-bond acceptors (Lipinski definition) is 6. The van der Waals surface area contributed by atoms with E-state index in [1.165, 1.54) is 6.42 Å². The zero-order chi connectivity index (χ0) is 21.9. The number of ether oxygens (including phenoxy) is 3. The molecule has 0 aromatic heterocycles. The molecule has 1 aromatic carbocycles. The molecular weight excluding hydrogens is 384 g/mol. The molecule has 0 saturated heterocycles. The van der Waals surface area contributed by atoms with Crippen LogP contribution in [0.25, 0.3) is 0 Å². The number of carbonyl (C=O) groups is 2. The molecule has 2 rings (SSSR count). The fourth-order valence-electron chi connectivity index (χ4n) is 3.94. The summed E-state index contributed by atoms with van der Waals surface area (Å²) in [6.07, 6.45) is 9.79. The first kappa shape index (κ1) is 24.2. The van der Waals surface area contributed by atoms with Gasteiger partial charge in [-0.15, -0.1) is 0 Å². The summed E-state index contributed by atoms with van der Waals surface area (Å²) in [5.74, 6) is 0.992.